The van der Waals surface area contributed by atoms with E-state index in [1.807, 2.05) is 0 Å². The largest absolute Gasteiger partial charge is 0.0564 e. The Morgan fingerprint density at radius 2 is 0.900 bits per heavy atom. The first-order valence-corrected chi connectivity index (χ1v) is 3.23. The molecule has 1 rings (SSSR count). The van der Waals surface area contributed by atoms with Gasteiger partial charge in [-0.15, -0.1) is 0 Å². The number of hydrogen-bond donors (Lipinski definition) is 0. The molecule has 0 saturated heterocycles. The molecule has 1 heteroatoms. The van der Waals surface area contributed by atoms with Crippen LogP contribution in [-0.4, -0.2) is 0 Å². The van der Waals surface area contributed by atoms with Crippen molar-refractivity contribution in [1.82, 2.24) is 0 Å². The van der Waals surface area contributed by atoms with Gasteiger partial charge in [-0.2, -0.15) is 0 Å². The number of aryl methyl sites for hydroxylation is 3. The minimum absolute atomic E-state index is 0. The second-order valence-electron chi connectivity index (χ2n) is 2.67. The van der Waals surface area contributed by atoms with Crippen molar-refractivity contribution in [3.8, 4) is 0 Å². The molecule has 0 aliphatic heterocycles. The summed E-state index contributed by atoms with van der Waals surface area (Å²) in [5.41, 5.74) is 4.06. The Kier molecular flexibility index (Phi) is 3.70. The standard InChI is InChI=1S/C9H12.Mn/c1-7-4-8(2)6-9(3)5-7;/h4-6H,1-3H3;. The number of hydrogen-bond acceptors (Lipinski definition) is 0. The first-order chi connectivity index (χ1) is 4.18. The van der Waals surface area contributed by atoms with Gasteiger partial charge in [-0.1, -0.05) is 34.9 Å². The van der Waals surface area contributed by atoms with E-state index in [1.54, 1.807) is 0 Å². The van der Waals surface area contributed by atoms with Gasteiger partial charge in [-0.3, -0.25) is 0 Å². The topological polar surface area (TPSA) is 0 Å². The molecule has 0 heterocycles. The smallest absolute Gasteiger partial charge is 0 e. The third kappa shape index (κ3) is 2.55. The van der Waals surface area contributed by atoms with E-state index in [2.05, 4.69) is 39.0 Å². The molecule has 0 bridgehead atoms. The molecule has 0 aromatic heterocycles. The first kappa shape index (κ1) is 9.74. The van der Waals surface area contributed by atoms with Crippen molar-refractivity contribution in [3.05, 3.63) is 34.9 Å². The van der Waals surface area contributed by atoms with E-state index >= 15 is 0 Å². The van der Waals surface area contributed by atoms with E-state index in [4.69, 9.17) is 0 Å². The van der Waals surface area contributed by atoms with Crippen LogP contribution in [0.4, 0.5) is 0 Å². The molecule has 1 aromatic rings. The van der Waals surface area contributed by atoms with Gasteiger partial charge >= 0.3 is 0 Å². The number of benzene rings is 1. The fourth-order valence-electron chi connectivity index (χ4n) is 1.20. The molecule has 1 aromatic carbocycles. The monoisotopic (exact) mass is 175 g/mol. The molecule has 55 valence electrons. The molecule has 0 aliphatic rings. The van der Waals surface area contributed by atoms with Crippen LogP contribution in [0.1, 0.15) is 16.7 Å². The van der Waals surface area contributed by atoms with Gasteiger partial charge in [0.15, 0.2) is 0 Å². The van der Waals surface area contributed by atoms with E-state index < -0.39 is 0 Å². The minimum atomic E-state index is 0. The third-order valence-corrected chi connectivity index (χ3v) is 1.37. The van der Waals surface area contributed by atoms with E-state index in [1.165, 1.54) is 16.7 Å². The molecule has 10 heavy (non-hydrogen) atoms. The maximum Gasteiger partial charge on any atom is 0 e. The zero-order chi connectivity index (χ0) is 6.85. The van der Waals surface area contributed by atoms with Gasteiger partial charge in [0.1, 0.15) is 0 Å². The van der Waals surface area contributed by atoms with E-state index in [0.717, 1.165) is 0 Å². The summed E-state index contributed by atoms with van der Waals surface area (Å²) in [7, 11) is 0. The van der Waals surface area contributed by atoms with Crippen LogP contribution in [0.5, 0.6) is 0 Å². The van der Waals surface area contributed by atoms with Crippen molar-refractivity contribution in [3.63, 3.8) is 0 Å². The van der Waals surface area contributed by atoms with Gasteiger partial charge in [0.25, 0.3) is 0 Å². The molecule has 0 N–H and O–H groups in total. The summed E-state index contributed by atoms with van der Waals surface area (Å²) in [6.45, 7) is 6.38. The zero-order valence-electron chi connectivity index (χ0n) is 6.61. The predicted octanol–water partition coefficient (Wildman–Crippen LogP) is 2.61. The van der Waals surface area contributed by atoms with Crippen molar-refractivity contribution in [2.75, 3.05) is 0 Å². The van der Waals surface area contributed by atoms with Crippen LogP contribution < -0.4 is 0 Å². The normalized spacial score (nSPS) is 8.70. The van der Waals surface area contributed by atoms with Gasteiger partial charge in [-0.05, 0) is 20.8 Å². The van der Waals surface area contributed by atoms with Crippen molar-refractivity contribution in [1.29, 1.82) is 0 Å². The zero-order valence-corrected chi connectivity index (χ0v) is 7.79. The summed E-state index contributed by atoms with van der Waals surface area (Å²) in [6.07, 6.45) is 0. The van der Waals surface area contributed by atoms with Gasteiger partial charge in [0, 0.05) is 17.1 Å². The maximum atomic E-state index is 2.19. The first-order valence-electron chi connectivity index (χ1n) is 3.23. The van der Waals surface area contributed by atoms with Gasteiger partial charge in [0.05, 0.1) is 0 Å². The van der Waals surface area contributed by atoms with Gasteiger partial charge in [0.2, 0.25) is 0 Å². The molecule has 0 nitrogen and oxygen atoms in total. The Morgan fingerprint density at radius 1 is 0.700 bits per heavy atom. The maximum absolute atomic E-state index is 2.19. The summed E-state index contributed by atoms with van der Waals surface area (Å²) in [6, 6.07) is 6.56. The van der Waals surface area contributed by atoms with E-state index in [0.29, 0.717) is 0 Å². The molecule has 0 aliphatic carbocycles. The van der Waals surface area contributed by atoms with Crippen LogP contribution in [0.3, 0.4) is 0 Å². The molecule has 1 radical (unpaired) electrons. The van der Waals surface area contributed by atoms with Gasteiger partial charge in [-0.25, -0.2) is 0 Å². The summed E-state index contributed by atoms with van der Waals surface area (Å²) in [5, 5.41) is 0. The van der Waals surface area contributed by atoms with Crippen LogP contribution in [0.2, 0.25) is 0 Å². The average Bonchev–Trinajstić information content (AvgIpc) is 1.59. The fourth-order valence-corrected chi connectivity index (χ4v) is 1.20. The van der Waals surface area contributed by atoms with E-state index in [9.17, 15) is 0 Å². The summed E-state index contributed by atoms with van der Waals surface area (Å²) < 4.78 is 0. The fraction of sp³-hybridized carbons (Fsp3) is 0.333. The molecule has 0 amide bonds. The Morgan fingerprint density at radius 3 is 1.10 bits per heavy atom. The van der Waals surface area contributed by atoms with Crippen molar-refractivity contribution in [2.45, 2.75) is 20.8 Å². The Balaban J connectivity index is 0.000000810. The molecule has 0 unspecified atom stereocenters. The van der Waals surface area contributed by atoms with Crippen LogP contribution in [0.15, 0.2) is 18.2 Å². The number of rotatable bonds is 0. The third-order valence-electron chi connectivity index (χ3n) is 1.37. The molecule has 0 fully saturated rings. The van der Waals surface area contributed by atoms with Crippen LogP contribution in [-0.2, 0) is 17.1 Å². The Labute approximate surface area is 73.1 Å². The quantitative estimate of drug-likeness (QED) is 0.531. The van der Waals surface area contributed by atoms with Crippen LogP contribution in [0.25, 0.3) is 0 Å². The van der Waals surface area contributed by atoms with Gasteiger partial charge < -0.3 is 0 Å². The second kappa shape index (κ2) is 3.80. The summed E-state index contributed by atoms with van der Waals surface area (Å²) in [5.74, 6) is 0. The molecule has 0 saturated carbocycles. The van der Waals surface area contributed by atoms with Crippen molar-refractivity contribution in [2.24, 2.45) is 0 Å². The SMILES string of the molecule is Cc1cc(C)cc(C)c1.[Mn]. The second-order valence-corrected chi connectivity index (χ2v) is 2.67. The molecule has 0 atom stereocenters. The van der Waals surface area contributed by atoms with Crippen LogP contribution in [0, 0.1) is 20.8 Å². The summed E-state index contributed by atoms with van der Waals surface area (Å²) >= 11 is 0. The molecular weight excluding hydrogens is 163 g/mol. The van der Waals surface area contributed by atoms with E-state index in [-0.39, 0.29) is 17.1 Å². The van der Waals surface area contributed by atoms with Crippen molar-refractivity contribution >= 4 is 0 Å². The predicted molar refractivity (Wildman–Crippen MR) is 40.7 cm³/mol. The molecule has 0 spiro atoms. The van der Waals surface area contributed by atoms with Crippen LogP contribution >= 0.6 is 0 Å². The Bertz CT molecular complexity index is 165. The average molecular weight is 175 g/mol. The Hall–Kier alpha value is -0.261. The van der Waals surface area contributed by atoms with Crippen molar-refractivity contribution < 1.29 is 17.1 Å². The summed E-state index contributed by atoms with van der Waals surface area (Å²) in [4.78, 5) is 0. The molecular formula is C9H12Mn. The minimum Gasteiger partial charge on any atom is -0.0564 e.